The smallest absolute Gasteiger partial charge is 0.337 e. The molecular formula is C21H19N3O6. The molecule has 1 heterocycles. The number of rotatable bonds is 7. The van der Waals surface area contributed by atoms with Gasteiger partial charge >= 0.3 is 5.97 Å². The SMILES string of the molecule is Cn1c(C(=O)Nc2ccc(C#N)cc2C(=O)O)cc2cccc(OC[C@H](O)CO)c21. The van der Waals surface area contributed by atoms with Gasteiger partial charge in [-0.2, -0.15) is 5.26 Å². The predicted octanol–water partition coefficient (Wildman–Crippen LogP) is 1.73. The van der Waals surface area contributed by atoms with Gasteiger partial charge in [-0.15, -0.1) is 0 Å². The van der Waals surface area contributed by atoms with E-state index in [2.05, 4.69) is 5.32 Å². The summed E-state index contributed by atoms with van der Waals surface area (Å²) in [5, 5.41) is 40.1. The monoisotopic (exact) mass is 409 g/mol. The van der Waals surface area contributed by atoms with Crippen LogP contribution < -0.4 is 10.1 Å². The summed E-state index contributed by atoms with van der Waals surface area (Å²) in [6, 6.07) is 12.7. The maximum absolute atomic E-state index is 12.9. The van der Waals surface area contributed by atoms with Crippen LogP contribution in [0.25, 0.3) is 10.9 Å². The predicted molar refractivity (Wildman–Crippen MR) is 108 cm³/mol. The minimum atomic E-state index is -1.27. The molecule has 0 saturated carbocycles. The third-order valence-corrected chi connectivity index (χ3v) is 4.52. The molecule has 9 heteroatoms. The van der Waals surface area contributed by atoms with E-state index < -0.39 is 24.6 Å². The first-order valence-electron chi connectivity index (χ1n) is 8.94. The molecule has 0 aliphatic rings. The molecule has 0 unspecified atom stereocenters. The average Bonchev–Trinajstić information content (AvgIpc) is 3.09. The summed E-state index contributed by atoms with van der Waals surface area (Å²) in [5.74, 6) is -1.38. The lowest BCUT2D eigenvalue weighted by Gasteiger charge is -2.13. The largest absolute Gasteiger partial charge is 0.489 e. The number of nitriles is 1. The molecule has 154 valence electrons. The fourth-order valence-electron chi connectivity index (χ4n) is 3.04. The Bertz CT molecular complexity index is 1160. The van der Waals surface area contributed by atoms with E-state index in [9.17, 15) is 19.8 Å². The zero-order valence-corrected chi connectivity index (χ0v) is 16.0. The minimum Gasteiger partial charge on any atom is -0.489 e. The van der Waals surface area contributed by atoms with Crippen LogP contribution in [-0.4, -0.2) is 51.1 Å². The fraction of sp³-hybridized carbons (Fsp3) is 0.190. The Hall–Kier alpha value is -3.87. The number of hydrogen-bond donors (Lipinski definition) is 4. The van der Waals surface area contributed by atoms with Gasteiger partial charge in [0.05, 0.1) is 35.0 Å². The van der Waals surface area contributed by atoms with Crippen molar-refractivity contribution in [1.82, 2.24) is 4.57 Å². The van der Waals surface area contributed by atoms with Gasteiger partial charge in [-0.3, -0.25) is 4.79 Å². The Morgan fingerprint density at radius 2 is 2.03 bits per heavy atom. The van der Waals surface area contributed by atoms with Gasteiger partial charge in [0, 0.05) is 12.4 Å². The van der Waals surface area contributed by atoms with Crippen LogP contribution in [0.3, 0.4) is 0 Å². The Morgan fingerprint density at radius 1 is 1.27 bits per heavy atom. The standard InChI is InChI=1S/C21H19N3O6/c1-24-17(8-13-3-2-4-18(19(13)24)30-11-14(26)10-25)20(27)23-16-6-5-12(9-22)7-15(16)21(28)29/h2-8,14,25-26H,10-11H2,1H3,(H,23,27)(H,28,29)/t14-/m1/s1. The highest BCUT2D eigenvalue weighted by atomic mass is 16.5. The number of carbonyl (C=O) groups excluding carboxylic acids is 1. The van der Waals surface area contributed by atoms with E-state index in [0.717, 1.165) is 0 Å². The Morgan fingerprint density at radius 3 is 2.70 bits per heavy atom. The van der Waals surface area contributed by atoms with Crippen LogP contribution in [0.1, 0.15) is 26.4 Å². The maximum Gasteiger partial charge on any atom is 0.337 e. The highest BCUT2D eigenvalue weighted by molar-refractivity contribution is 6.09. The number of aliphatic hydroxyl groups is 2. The molecule has 1 aromatic heterocycles. The topological polar surface area (TPSA) is 145 Å². The lowest BCUT2D eigenvalue weighted by molar-refractivity contribution is 0.0540. The summed E-state index contributed by atoms with van der Waals surface area (Å²) in [6.45, 7) is -0.553. The molecule has 0 aliphatic heterocycles. The Balaban J connectivity index is 1.94. The van der Waals surface area contributed by atoms with E-state index in [0.29, 0.717) is 16.7 Å². The molecule has 3 aromatic rings. The number of carboxylic acids is 1. The van der Waals surface area contributed by atoms with Crippen molar-refractivity contribution in [2.24, 2.45) is 7.05 Å². The van der Waals surface area contributed by atoms with Gasteiger partial charge in [0.1, 0.15) is 24.2 Å². The van der Waals surface area contributed by atoms with E-state index in [-0.39, 0.29) is 29.1 Å². The first kappa shape index (κ1) is 20.9. The van der Waals surface area contributed by atoms with Gasteiger partial charge < -0.3 is 29.9 Å². The summed E-state index contributed by atoms with van der Waals surface area (Å²) in [7, 11) is 1.66. The molecule has 0 saturated heterocycles. The van der Waals surface area contributed by atoms with Crippen LogP contribution in [0.2, 0.25) is 0 Å². The van der Waals surface area contributed by atoms with Gasteiger partial charge in [0.15, 0.2) is 0 Å². The first-order valence-corrected chi connectivity index (χ1v) is 8.94. The van der Waals surface area contributed by atoms with Crippen LogP contribution in [0.4, 0.5) is 5.69 Å². The zero-order chi connectivity index (χ0) is 21.8. The molecule has 9 nitrogen and oxygen atoms in total. The number of amides is 1. The molecule has 2 aromatic carbocycles. The number of aryl methyl sites for hydroxylation is 1. The van der Waals surface area contributed by atoms with Crippen LogP contribution in [0.5, 0.6) is 5.75 Å². The van der Waals surface area contributed by atoms with E-state index in [1.54, 1.807) is 35.9 Å². The van der Waals surface area contributed by atoms with Gasteiger partial charge in [0.2, 0.25) is 0 Å². The second-order valence-electron chi connectivity index (χ2n) is 6.56. The Kier molecular flexibility index (Phi) is 6.01. The van der Waals surface area contributed by atoms with E-state index >= 15 is 0 Å². The molecule has 1 amide bonds. The van der Waals surface area contributed by atoms with Crippen molar-refractivity contribution < 1.29 is 29.6 Å². The van der Waals surface area contributed by atoms with Crippen molar-refractivity contribution in [3.63, 3.8) is 0 Å². The lowest BCUT2D eigenvalue weighted by Crippen LogP contribution is -2.21. The number of para-hydroxylation sites is 1. The third kappa shape index (κ3) is 4.10. The first-order chi connectivity index (χ1) is 14.3. The van der Waals surface area contributed by atoms with Crippen molar-refractivity contribution in [1.29, 1.82) is 5.26 Å². The van der Waals surface area contributed by atoms with Crippen molar-refractivity contribution >= 4 is 28.5 Å². The van der Waals surface area contributed by atoms with Gasteiger partial charge in [-0.1, -0.05) is 12.1 Å². The fourth-order valence-corrected chi connectivity index (χ4v) is 3.04. The van der Waals surface area contributed by atoms with Crippen molar-refractivity contribution in [2.45, 2.75) is 6.10 Å². The van der Waals surface area contributed by atoms with Crippen LogP contribution in [0.15, 0.2) is 42.5 Å². The normalized spacial score (nSPS) is 11.7. The van der Waals surface area contributed by atoms with Crippen molar-refractivity contribution in [3.05, 3.63) is 59.3 Å². The third-order valence-electron chi connectivity index (χ3n) is 4.52. The minimum absolute atomic E-state index is 0.0688. The van der Waals surface area contributed by atoms with Crippen LogP contribution >= 0.6 is 0 Å². The molecule has 1 atom stereocenters. The number of ether oxygens (including phenoxy) is 1. The second kappa shape index (κ2) is 8.65. The van der Waals surface area contributed by atoms with E-state index in [1.807, 2.05) is 6.07 Å². The molecule has 0 aliphatic carbocycles. The zero-order valence-electron chi connectivity index (χ0n) is 16.0. The van der Waals surface area contributed by atoms with Crippen LogP contribution in [-0.2, 0) is 7.05 Å². The van der Waals surface area contributed by atoms with Gasteiger partial charge in [-0.05, 0) is 30.3 Å². The molecule has 4 N–H and O–H groups in total. The molecule has 0 spiro atoms. The Labute approximate surface area is 171 Å². The quantitative estimate of drug-likeness (QED) is 0.465. The van der Waals surface area contributed by atoms with Gasteiger partial charge in [-0.25, -0.2) is 4.79 Å². The number of anilines is 1. The number of aromatic nitrogens is 1. The molecule has 0 radical (unpaired) electrons. The van der Waals surface area contributed by atoms with Crippen LogP contribution in [0, 0.1) is 11.3 Å². The van der Waals surface area contributed by atoms with E-state index in [1.165, 1.54) is 18.2 Å². The summed E-state index contributed by atoms with van der Waals surface area (Å²) >= 11 is 0. The number of carbonyl (C=O) groups is 2. The second-order valence-corrected chi connectivity index (χ2v) is 6.56. The summed E-state index contributed by atoms with van der Waals surface area (Å²) < 4.78 is 7.16. The number of aliphatic hydroxyl groups excluding tert-OH is 2. The summed E-state index contributed by atoms with van der Waals surface area (Å²) in [4.78, 5) is 24.3. The average molecular weight is 409 g/mol. The summed E-state index contributed by atoms with van der Waals surface area (Å²) in [6.07, 6.45) is -1.03. The maximum atomic E-state index is 12.9. The highest BCUT2D eigenvalue weighted by Crippen LogP contribution is 2.29. The number of aromatic carboxylic acids is 1. The molecule has 0 bridgehead atoms. The number of hydrogen-bond acceptors (Lipinski definition) is 6. The van der Waals surface area contributed by atoms with Crippen molar-refractivity contribution in [3.8, 4) is 11.8 Å². The molecular weight excluding hydrogens is 390 g/mol. The number of nitrogens with one attached hydrogen (secondary N) is 1. The number of nitrogens with zero attached hydrogens (tertiary/aromatic N) is 2. The van der Waals surface area contributed by atoms with E-state index in [4.69, 9.17) is 15.1 Å². The number of fused-ring (bicyclic) bond motifs is 1. The highest BCUT2D eigenvalue weighted by Gasteiger charge is 2.19. The van der Waals surface area contributed by atoms with Crippen molar-refractivity contribution in [2.75, 3.05) is 18.5 Å². The molecule has 30 heavy (non-hydrogen) atoms. The summed E-state index contributed by atoms with van der Waals surface area (Å²) in [5.41, 5.74) is 0.903. The molecule has 3 rings (SSSR count). The molecule has 0 fully saturated rings. The lowest BCUT2D eigenvalue weighted by atomic mass is 10.1. The number of benzene rings is 2. The van der Waals surface area contributed by atoms with Gasteiger partial charge in [0.25, 0.3) is 5.91 Å². The number of carboxylic acid groups (broad SMARTS) is 1.